The highest BCUT2D eigenvalue weighted by atomic mass is 16.5. The second-order valence-electron chi connectivity index (χ2n) is 5.67. The normalized spacial score (nSPS) is 15.5. The van der Waals surface area contributed by atoms with Crippen molar-refractivity contribution in [2.24, 2.45) is 0 Å². The van der Waals surface area contributed by atoms with E-state index in [9.17, 15) is 4.79 Å². The van der Waals surface area contributed by atoms with Gasteiger partial charge in [-0.15, -0.1) is 0 Å². The molecule has 0 unspecified atom stereocenters. The average Bonchev–Trinajstić information content (AvgIpc) is 3.09. The van der Waals surface area contributed by atoms with E-state index in [0.29, 0.717) is 18.3 Å². The fourth-order valence-corrected chi connectivity index (χ4v) is 2.72. The SMILES string of the molecule is O=C(NCc1ccc(OC2CCCCC2)cc1)c1ccn[nH]1. The molecule has 0 bridgehead atoms. The Labute approximate surface area is 130 Å². The van der Waals surface area contributed by atoms with Crippen LogP contribution in [0.15, 0.2) is 36.5 Å². The third kappa shape index (κ3) is 3.87. The molecule has 0 aliphatic heterocycles. The Morgan fingerprint density at radius 2 is 1.95 bits per heavy atom. The second kappa shape index (κ2) is 7.11. The number of nitrogens with one attached hydrogen (secondary N) is 2. The van der Waals surface area contributed by atoms with Crippen LogP contribution in [0.25, 0.3) is 0 Å². The van der Waals surface area contributed by atoms with E-state index in [1.54, 1.807) is 12.3 Å². The van der Waals surface area contributed by atoms with Crippen molar-refractivity contribution in [3.63, 3.8) is 0 Å². The molecule has 1 amide bonds. The molecule has 0 saturated heterocycles. The van der Waals surface area contributed by atoms with E-state index >= 15 is 0 Å². The minimum Gasteiger partial charge on any atom is -0.490 e. The van der Waals surface area contributed by atoms with Crippen LogP contribution in [0.3, 0.4) is 0 Å². The number of H-pyrrole nitrogens is 1. The van der Waals surface area contributed by atoms with Crippen LogP contribution in [0.4, 0.5) is 0 Å². The van der Waals surface area contributed by atoms with Gasteiger partial charge in [-0.25, -0.2) is 0 Å². The predicted octanol–water partition coefficient (Wildman–Crippen LogP) is 3.05. The Morgan fingerprint density at radius 3 is 2.64 bits per heavy atom. The molecule has 1 saturated carbocycles. The number of aromatic nitrogens is 2. The molecule has 5 nitrogen and oxygen atoms in total. The predicted molar refractivity (Wildman–Crippen MR) is 83.7 cm³/mol. The van der Waals surface area contributed by atoms with E-state index in [0.717, 1.165) is 24.2 Å². The van der Waals surface area contributed by atoms with Crippen molar-refractivity contribution in [1.82, 2.24) is 15.5 Å². The van der Waals surface area contributed by atoms with Crippen molar-refractivity contribution in [3.05, 3.63) is 47.8 Å². The Hall–Kier alpha value is -2.30. The van der Waals surface area contributed by atoms with E-state index in [2.05, 4.69) is 15.5 Å². The summed E-state index contributed by atoms with van der Waals surface area (Å²) in [6.45, 7) is 0.488. The molecular formula is C17H21N3O2. The van der Waals surface area contributed by atoms with Crippen molar-refractivity contribution in [2.75, 3.05) is 0 Å². The molecule has 116 valence electrons. The van der Waals surface area contributed by atoms with Gasteiger partial charge in [0.2, 0.25) is 0 Å². The summed E-state index contributed by atoms with van der Waals surface area (Å²) in [5, 5.41) is 9.26. The Morgan fingerprint density at radius 1 is 1.18 bits per heavy atom. The Balaban J connectivity index is 1.49. The first-order valence-electron chi connectivity index (χ1n) is 7.84. The fourth-order valence-electron chi connectivity index (χ4n) is 2.72. The molecule has 0 atom stereocenters. The lowest BCUT2D eigenvalue weighted by Gasteiger charge is -2.23. The van der Waals surface area contributed by atoms with Gasteiger partial charge in [0.1, 0.15) is 11.4 Å². The number of hydrogen-bond acceptors (Lipinski definition) is 3. The summed E-state index contributed by atoms with van der Waals surface area (Å²) >= 11 is 0. The number of amides is 1. The molecule has 3 rings (SSSR count). The van der Waals surface area contributed by atoms with Gasteiger partial charge in [0, 0.05) is 12.7 Å². The van der Waals surface area contributed by atoms with Crippen LogP contribution in [-0.2, 0) is 6.54 Å². The highest BCUT2D eigenvalue weighted by Crippen LogP contribution is 2.23. The smallest absolute Gasteiger partial charge is 0.269 e. The van der Waals surface area contributed by atoms with Gasteiger partial charge in [0.05, 0.1) is 6.10 Å². The van der Waals surface area contributed by atoms with Crippen LogP contribution in [0, 0.1) is 0 Å². The maximum atomic E-state index is 11.8. The topological polar surface area (TPSA) is 67.0 Å². The van der Waals surface area contributed by atoms with Crippen molar-refractivity contribution < 1.29 is 9.53 Å². The van der Waals surface area contributed by atoms with Crippen LogP contribution in [-0.4, -0.2) is 22.2 Å². The lowest BCUT2D eigenvalue weighted by Crippen LogP contribution is -2.23. The van der Waals surface area contributed by atoms with E-state index in [1.807, 2.05) is 24.3 Å². The van der Waals surface area contributed by atoms with Crippen LogP contribution in [0.5, 0.6) is 5.75 Å². The van der Waals surface area contributed by atoms with Crippen molar-refractivity contribution >= 4 is 5.91 Å². The number of benzene rings is 1. The number of carbonyl (C=O) groups excluding carboxylic acids is 1. The standard InChI is InChI=1S/C17H21N3O2/c21-17(16-10-11-19-20-16)18-12-13-6-8-15(9-7-13)22-14-4-2-1-3-5-14/h6-11,14H,1-5,12H2,(H,18,21)(H,19,20). The van der Waals surface area contributed by atoms with Crippen molar-refractivity contribution in [3.8, 4) is 5.75 Å². The second-order valence-corrected chi connectivity index (χ2v) is 5.67. The third-order valence-corrected chi connectivity index (χ3v) is 3.98. The molecule has 5 heteroatoms. The fraction of sp³-hybridized carbons (Fsp3) is 0.412. The number of rotatable bonds is 5. The zero-order valence-corrected chi connectivity index (χ0v) is 12.5. The first-order valence-corrected chi connectivity index (χ1v) is 7.84. The summed E-state index contributed by atoms with van der Waals surface area (Å²) in [6.07, 6.45) is 8.09. The van der Waals surface area contributed by atoms with E-state index < -0.39 is 0 Å². The molecule has 2 N–H and O–H groups in total. The molecule has 1 aliphatic rings. The maximum Gasteiger partial charge on any atom is 0.269 e. The number of carbonyl (C=O) groups is 1. The van der Waals surface area contributed by atoms with E-state index in [4.69, 9.17) is 4.74 Å². The van der Waals surface area contributed by atoms with Gasteiger partial charge in [0.15, 0.2) is 0 Å². The van der Waals surface area contributed by atoms with Crippen LogP contribution in [0.1, 0.15) is 48.2 Å². The molecule has 2 aromatic rings. The van der Waals surface area contributed by atoms with Gasteiger partial charge in [0.25, 0.3) is 5.91 Å². The zero-order valence-electron chi connectivity index (χ0n) is 12.5. The average molecular weight is 299 g/mol. The minimum atomic E-state index is -0.153. The van der Waals surface area contributed by atoms with Crippen molar-refractivity contribution in [2.45, 2.75) is 44.8 Å². The molecule has 0 radical (unpaired) electrons. The minimum absolute atomic E-state index is 0.153. The van der Waals surface area contributed by atoms with Crippen LogP contribution in [0.2, 0.25) is 0 Å². The molecule has 1 aromatic carbocycles. The Bertz CT molecular complexity index is 587. The number of ether oxygens (including phenoxy) is 1. The summed E-state index contributed by atoms with van der Waals surface area (Å²) in [6, 6.07) is 9.59. The van der Waals surface area contributed by atoms with Gasteiger partial charge in [-0.3, -0.25) is 9.89 Å². The molecule has 22 heavy (non-hydrogen) atoms. The summed E-state index contributed by atoms with van der Waals surface area (Å²) < 4.78 is 5.99. The molecule has 0 spiro atoms. The highest BCUT2D eigenvalue weighted by molar-refractivity contribution is 5.91. The number of hydrogen-bond donors (Lipinski definition) is 2. The first kappa shape index (κ1) is 14.6. The summed E-state index contributed by atoms with van der Waals surface area (Å²) in [5.74, 6) is 0.760. The summed E-state index contributed by atoms with van der Waals surface area (Å²) in [7, 11) is 0. The maximum absolute atomic E-state index is 11.8. The molecular weight excluding hydrogens is 278 g/mol. The third-order valence-electron chi connectivity index (χ3n) is 3.98. The van der Waals surface area contributed by atoms with Crippen LogP contribution < -0.4 is 10.1 Å². The number of aromatic amines is 1. The molecule has 1 fully saturated rings. The van der Waals surface area contributed by atoms with Gasteiger partial charge in [-0.2, -0.15) is 5.10 Å². The highest BCUT2D eigenvalue weighted by Gasteiger charge is 2.14. The molecule has 1 heterocycles. The summed E-state index contributed by atoms with van der Waals surface area (Å²) in [4.78, 5) is 11.8. The first-order chi connectivity index (χ1) is 10.8. The largest absolute Gasteiger partial charge is 0.490 e. The number of nitrogens with zero attached hydrogens (tertiary/aromatic N) is 1. The lowest BCUT2D eigenvalue weighted by molar-refractivity contribution is 0.0946. The van der Waals surface area contributed by atoms with E-state index in [-0.39, 0.29) is 5.91 Å². The van der Waals surface area contributed by atoms with Gasteiger partial charge >= 0.3 is 0 Å². The molecule has 1 aromatic heterocycles. The van der Waals surface area contributed by atoms with Gasteiger partial charge in [-0.05, 0) is 49.4 Å². The van der Waals surface area contributed by atoms with Gasteiger partial charge < -0.3 is 10.1 Å². The molecule has 1 aliphatic carbocycles. The van der Waals surface area contributed by atoms with Crippen molar-refractivity contribution in [1.29, 1.82) is 0 Å². The zero-order chi connectivity index (χ0) is 15.2. The Kier molecular flexibility index (Phi) is 4.73. The lowest BCUT2D eigenvalue weighted by atomic mass is 9.98. The van der Waals surface area contributed by atoms with Gasteiger partial charge in [-0.1, -0.05) is 18.6 Å². The van der Waals surface area contributed by atoms with Crippen LogP contribution >= 0.6 is 0 Å². The van der Waals surface area contributed by atoms with E-state index in [1.165, 1.54) is 19.3 Å². The monoisotopic (exact) mass is 299 g/mol. The quantitative estimate of drug-likeness (QED) is 0.891. The summed E-state index contributed by atoms with van der Waals surface area (Å²) in [5.41, 5.74) is 1.51.